The van der Waals surface area contributed by atoms with Crippen molar-refractivity contribution in [3.05, 3.63) is 69.5 Å². The van der Waals surface area contributed by atoms with Gasteiger partial charge in [0.05, 0.1) is 16.1 Å². The number of carbonyl (C=O) groups is 1. The van der Waals surface area contributed by atoms with E-state index in [1.54, 1.807) is 0 Å². The fraction of sp³-hybridized carbons (Fsp3) is 0.190. The first-order chi connectivity index (χ1) is 13.7. The molecule has 28 heavy (non-hydrogen) atoms. The van der Waals surface area contributed by atoms with Gasteiger partial charge in [-0.15, -0.1) is 11.3 Å². The average Bonchev–Trinajstić information content (AvgIpc) is 3.14. The van der Waals surface area contributed by atoms with Crippen molar-refractivity contribution in [3.8, 4) is 11.3 Å². The van der Waals surface area contributed by atoms with Crippen LogP contribution in [0.1, 0.15) is 23.6 Å². The number of hydrogen-bond acceptors (Lipinski definition) is 6. The fourth-order valence-corrected chi connectivity index (χ4v) is 4.96. The number of nitrogens with zero attached hydrogens (tertiary/aromatic N) is 2. The van der Waals surface area contributed by atoms with E-state index in [4.69, 9.17) is 16.6 Å². The average molecular weight is 428 g/mol. The Kier molecular flexibility index (Phi) is 6.22. The summed E-state index contributed by atoms with van der Waals surface area (Å²) >= 11 is 9.04. The normalized spacial score (nSPS) is 16.2. The van der Waals surface area contributed by atoms with Gasteiger partial charge in [-0.1, -0.05) is 42.0 Å². The summed E-state index contributed by atoms with van der Waals surface area (Å²) in [5, 5.41) is 6.19. The van der Waals surface area contributed by atoms with Crippen molar-refractivity contribution in [1.82, 2.24) is 15.3 Å². The molecule has 0 spiro atoms. The van der Waals surface area contributed by atoms with Crippen molar-refractivity contribution >= 4 is 41.0 Å². The molecule has 0 saturated carbocycles. The zero-order chi connectivity index (χ0) is 19.3. The van der Waals surface area contributed by atoms with Crippen LogP contribution in [0.3, 0.4) is 0 Å². The maximum Gasteiger partial charge on any atom is 0.193 e. The van der Waals surface area contributed by atoms with Gasteiger partial charge in [-0.3, -0.25) is 0 Å². The van der Waals surface area contributed by atoms with E-state index in [0.29, 0.717) is 11.6 Å². The van der Waals surface area contributed by atoms with E-state index in [-0.39, 0.29) is 6.04 Å². The number of rotatable bonds is 6. The first-order valence-electron chi connectivity index (χ1n) is 8.95. The van der Waals surface area contributed by atoms with E-state index in [0.717, 1.165) is 50.9 Å². The Balaban J connectivity index is 1.76. The summed E-state index contributed by atoms with van der Waals surface area (Å²) in [6.45, 7) is 0.926. The maximum absolute atomic E-state index is 10.9. The van der Waals surface area contributed by atoms with Crippen LogP contribution in [0.5, 0.6) is 0 Å². The standard InChI is InChI=1S/C21H18ClN3OS2/c22-19-11-16(13-27-19)28-21-24-12-17(18-6-1-2-8-23-18)20(25-21)15-5-3-4-14(10-15)7-9-26/h1,3-6,9-13,18,23H,2,7-8H2. The maximum atomic E-state index is 10.9. The lowest BCUT2D eigenvalue weighted by atomic mass is 9.98. The third-order valence-corrected chi connectivity index (χ3v) is 6.50. The number of nitrogens with one attached hydrogen (secondary N) is 1. The van der Waals surface area contributed by atoms with Gasteiger partial charge >= 0.3 is 0 Å². The number of aromatic nitrogens is 2. The van der Waals surface area contributed by atoms with E-state index in [1.165, 1.54) is 23.1 Å². The SMILES string of the molecule is O=CCc1cccc(-c2nc(Sc3csc(Cl)c3)ncc2C2C=CCCN2)c1. The molecule has 3 aromatic rings. The lowest BCUT2D eigenvalue weighted by molar-refractivity contribution is -0.107. The summed E-state index contributed by atoms with van der Waals surface area (Å²) in [7, 11) is 0. The Morgan fingerprint density at radius 2 is 2.29 bits per heavy atom. The molecule has 3 heterocycles. The molecule has 1 aromatic carbocycles. The zero-order valence-corrected chi connectivity index (χ0v) is 17.4. The number of carbonyl (C=O) groups excluding carboxylic acids is 1. The highest BCUT2D eigenvalue weighted by Gasteiger charge is 2.19. The molecule has 1 unspecified atom stereocenters. The number of aldehydes is 1. The van der Waals surface area contributed by atoms with Crippen molar-refractivity contribution in [2.24, 2.45) is 0 Å². The highest BCUT2D eigenvalue weighted by Crippen LogP contribution is 2.35. The van der Waals surface area contributed by atoms with E-state index in [9.17, 15) is 4.79 Å². The largest absolute Gasteiger partial charge is 0.306 e. The Morgan fingerprint density at radius 1 is 1.36 bits per heavy atom. The predicted molar refractivity (Wildman–Crippen MR) is 115 cm³/mol. The Hall–Kier alpha value is -1.99. The smallest absolute Gasteiger partial charge is 0.193 e. The van der Waals surface area contributed by atoms with E-state index in [1.807, 2.05) is 41.9 Å². The molecule has 0 radical (unpaired) electrons. The molecule has 2 aromatic heterocycles. The van der Waals surface area contributed by atoms with E-state index < -0.39 is 0 Å². The van der Waals surface area contributed by atoms with Crippen LogP contribution < -0.4 is 5.32 Å². The van der Waals surface area contributed by atoms with Gasteiger partial charge in [0.25, 0.3) is 0 Å². The first-order valence-corrected chi connectivity index (χ1v) is 11.0. The Morgan fingerprint density at radius 3 is 3.04 bits per heavy atom. The molecule has 1 atom stereocenters. The quantitative estimate of drug-likeness (QED) is 0.327. The lowest BCUT2D eigenvalue weighted by Crippen LogP contribution is -2.24. The van der Waals surface area contributed by atoms with Crippen LogP contribution in [0.25, 0.3) is 11.3 Å². The minimum atomic E-state index is 0.0770. The van der Waals surface area contributed by atoms with Gasteiger partial charge in [0.1, 0.15) is 6.29 Å². The Labute approximate surface area is 177 Å². The van der Waals surface area contributed by atoms with Crippen molar-refractivity contribution in [1.29, 1.82) is 0 Å². The number of halogens is 1. The summed E-state index contributed by atoms with van der Waals surface area (Å²) < 4.78 is 0.748. The molecule has 1 N–H and O–H groups in total. The van der Waals surface area contributed by atoms with Gasteiger partial charge in [0.2, 0.25) is 0 Å². The second-order valence-corrected chi connectivity index (χ2v) is 8.95. The summed E-state index contributed by atoms with van der Waals surface area (Å²) in [5.74, 6) is 0. The van der Waals surface area contributed by atoms with Gasteiger partial charge in [-0.2, -0.15) is 0 Å². The van der Waals surface area contributed by atoms with Crippen LogP contribution in [0, 0.1) is 0 Å². The molecule has 7 heteroatoms. The van der Waals surface area contributed by atoms with Gasteiger partial charge in [0, 0.05) is 34.0 Å². The number of thiophene rings is 1. The summed E-state index contributed by atoms with van der Waals surface area (Å²) in [4.78, 5) is 21.4. The fourth-order valence-electron chi connectivity index (χ4n) is 3.11. The molecular weight excluding hydrogens is 410 g/mol. The highest BCUT2D eigenvalue weighted by molar-refractivity contribution is 7.99. The third-order valence-electron chi connectivity index (χ3n) is 4.41. The number of benzene rings is 1. The van der Waals surface area contributed by atoms with Gasteiger partial charge in [-0.05, 0) is 42.4 Å². The van der Waals surface area contributed by atoms with Crippen molar-refractivity contribution in [2.45, 2.75) is 28.9 Å². The summed E-state index contributed by atoms with van der Waals surface area (Å²) in [5.41, 5.74) is 3.88. The van der Waals surface area contributed by atoms with Crippen LogP contribution in [0.15, 0.2) is 64.1 Å². The second-order valence-electron chi connectivity index (χ2n) is 6.36. The lowest BCUT2D eigenvalue weighted by Gasteiger charge is -2.21. The minimum Gasteiger partial charge on any atom is -0.306 e. The third kappa shape index (κ3) is 4.52. The minimum absolute atomic E-state index is 0.0770. The van der Waals surface area contributed by atoms with Gasteiger partial charge in [-0.25, -0.2) is 9.97 Å². The molecule has 4 rings (SSSR count). The van der Waals surface area contributed by atoms with Crippen LogP contribution in [0.2, 0.25) is 4.34 Å². The van der Waals surface area contributed by atoms with E-state index >= 15 is 0 Å². The molecule has 142 valence electrons. The summed E-state index contributed by atoms with van der Waals surface area (Å²) in [6.07, 6.45) is 8.58. The molecule has 0 fully saturated rings. The molecule has 0 bridgehead atoms. The van der Waals surface area contributed by atoms with Gasteiger partial charge in [0.15, 0.2) is 5.16 Å². The molecule has 0 amide bonds. The van der Waals surface area contributed by atoms with Crippen LogP contribution >= 0.6 is 34.7 Å². The second kappa shape index (κ2) is 9.01. The van der Waals surface area contributed by atoms with Crippen molar-refractivity contribution in [3.63, 3.8) is 0 Å². The molecule has 4 nitrogen and oxygen atoms in total. The molecule has 0 aliphatic carbocycles. The Bertz CT molecular complexity index is 1020. The molecular formula is C21H18ClN3OS2. The molecule has 1 aliphatic rings. The number of hydrogen-bond donors (Lipinski definition) is 1. The predicted octanol–water partition coefficient (Wildman–Crippen LogP) is 5.34. The highest BCUT2D eigenvalue weighted by atomic mass is 35.5. The van der Waals surface area contributed by atoms with Crippen molar-refractivity contribution in [2.75, 3.05) is 6.54 Å². The van der Waals surface area contributed by atoms with E-state index in [2.05, 4.69) is 22.5 Å². The van der Waals surface area contributed by atoms with Gasteiger partial charge < -0.3 is 10.1 Å². The monoisotopic (exact) mass is 427 g/mol. The topological polar surface area (TPSA) is 54.9 Å². The zero-order valence-electron chi connectivity index (χ0n) is 15.0. The van der Waals surface area contributed by atoms with Crippen LogP contribution in [-0.4, -0.2) is 22.8 Å². The first kappa shape index (κ1) is 19.3. The van der Waals surface area contributed by atoms with Crippen LogP contribution in [0.4, 0.5) is 0 Å². The summed E-state index contributed by atoms with van der Waals surface area (Å²) in [6, 6.07) is 9.99. The van der Waals surface area contributed by atoms with Crippen LogP contribution in [-0.2, 0) is 11.2 Å². The molecule has 0 saturated heterocycles. The van der Waals surface area contributed by atoms with Crippen molar-refractivity contribution < 1.29 is 4.79 Å². The molecule has 1 aliphatic heterocycles.